The number of carbonyl (C=O) groups excluding carboxylic acids is 5. The summed E-state index contributed by atoms with van der Waals surface area (Å²) in [5.41, 5.74) is 4.34. The summed E-state index contributed by atoms with van der Waals surface area (Å²) >= 11 is 1.12. The van der Waals surface area contributed by atoms with E-state index >= 15 is 0 Å². The normalized spacial score (nSPS) is 26.0. The number of Topliss-reactive ketones (excluding diaryl/α,β-unsaturated/α-hetero) is 1. The van der Waals surface area contributed by atoms with E-state index in [1.165, 1.54) is 20.6 Å². The fraction of sp³-hybridized carbons (Fsp3) is 0.563. The molecule has 11 aromatic rings. The zero-order valence-electron chi connectivity index (χ0n) is 71.5. The number of nitriles is 1. The van der Waals surface area contributed by atoms with Crippen LogP contribution in [0.25, 0.3) is 55.2 Å². The van der Waals surface area contributed by atoms with Crippen LogP contribution < -0.4 is 34.6 Å². The third-order valence-electron chi connectivity index (χ3n) is 28.9. The monoisotopic (exact) mass is 1710 g/mol. The van der Waals surface area contributed by atoms with Crippen LogP contribution in [-0.2, 0) is 19.1 Å². The largest absolute Gasteiger partial charge is 0.466 e. The van der Waals surface area contributed by atoms with Gasteiger partial charge in [-0.3, -0.25) is 19.7 Å². The van der Waals surface area contributed by atoms with E-state index in [-0.39, 0.29) is 43.0 Å². The van der Waals surface area contributed by atoms with Crippen molar-refractivity contribution in [1.29, 1.82) is 5.26 Å². The van der Waals surface area contributed by atoms with Crippen molar-refractivity contribution in [2.45, 2.75) is 146 Å². The fourth-order valence-electron chi connectivity index (χ4n) is 22.2. The quantitative estimate of drug-likeness (QED) is 0.0532. The Kier molecular flexibility index (Phi) is 25.3. The minimum atomic E-state index is -0.382. The molecule has 15 heterocycles. The molecule has 10 fully saturated rings. The molecular formula is C87H112N28O8S. The van der Waals surface area contributed by atoms with E-state index in [0.29, 0.717) is 94.4 Å². The number of ether oxygens (including phenoxy) is 2. The fourth-order valence-corrected chi connectivity index (χ4v) is 22.7. The smallest absolute Gasteiger partial charge is 0.409 e. The highest BCUT2D eigenvalue weighted by Crippen LogP contribution is 2.48. The van der Waals surface area contributed by atoms with E-state index in [1.807, 2.05) is 87.0 Å². The molecule has 15 atom stereocenters. The maximum absolute atomic E-state index is 12.7. The molecule has 4 saturated heterocycles. The second kappa shape index (κ2) is 37.2. The van der Waals surface area contributed by atoms with E-state index in [0.717, 1.165) is 257 Å². The highest BCUT2D eigenvalue weighted by molar-refractivity contribution is 7.10. The second-order valence-electron chi connectivity index (χ2n) is 35.5. The lowest BCUT2D eigenvalue weighted by Crippen LogP contribution is -2.44. The summed E-state index contributed by atoms with van der Waals surface area (Å²) in [7, 11) is 13.5. The number of aromatic amines is 5. The third-order valence-corrected chi connectivity index (χ3v) is 29.5. The van der Waals surface area contributed by atoms with Crippen LogP contribution in [0.2, 0.25) is 0 Å². The Hall–Kier alpha value is -11.9. The molecule has 10 aliphatic rings. The van der Waals surface area contributed by atoms with Crippen LogP contribution in [0.3, 0.4) is 0 Å². The molecule has 5 amide bonds. The van der Waals surface area contributed by atoms with Crippen molar-refractivity contribution in [1.82, 2.24) is 104 Å². The van der Waals surface area contributed by atoms with Crippen LogP contribution in [0.15, 0.2) is 93.0 Å². The average molecular weight is 1710 g/mol. The van der Waals surface area contributed by atoms with Crippen LogP contribution in [0.5, 0.6) is 6.01 Å². The highest BCUT2D eigenvalue weighted by atomic mass is 32.1. The summed E-state index contributed by atoms with van der Waals surface area (Å²) in [4.78, 5) is 142. The van der Waals surface area contributed by atoms with Gasteiger partial charge in [-0.05, 0) is 186 Å². The number of carbonyl (C=O) groups is 5. The Morgan fingerprint density at radius 1 is 0.460 bits per heavy atom. The molecule has 21 rings (SSSR count). The van der Waals surface area contributed by atoms with Gasteiger partial charge in [0.25, 0.3) is 0 Å². The number of likely N-dealkylation sites (tertiary alicyclic amines) is 4. The van der Waals surface area contributed by atoms with Gasteiger partial charge in [0.05, 0.1) is 47.2 Å². The molecule has 36 nitrogen and oxygen atoms in total. The molecule has 6 aliphatic carbocycles. The first-order valence-corrected chi connectivity index (χ1v) is 44.5. The number of aliphatic hydroxyl groups excluding tert-OH is 1. The van der Waals surface area contributed by atoms with Crippen molar-refractivity contribution in [3.63, 3.8) is 0 Å². The lowest BCUT2D eigenvalue weighted by molar-refractivity contribution is -0.136. The molecule has 0 radical (unpaired) electrons. The number of methoxy groups -OCH3 is 2. The molecule has 0 spiro atoms. The summed E-state index contributed by atoms with van der Waals surface area (Å²) in [5, 5.41) is 26.4. The molecular weight excluding hydrogens is 1600 g/mol. The van der Waals surface area contributed by atoms with Gasteiger partial charge >= 0.3 is 18.1 Å². The molecule has 0 bridgehead atoms. The molecule has 0 aromatic carbocycles. The Labute approximate surface area is 722 Å². The van der Waals surface area contributed by atoms with Gasteiger partial charge in [0.2, 0.25) is 16.9 Å². The van der Waals surface area contributed by atoms with E-state index in [4.69, 9.17) is 19.8 Å². The maximum Gasteiger partial charge on any atom is 0.409 e. The average Bonchev–Trinajstić information content (AvgIpc) is 1.66. The standard InChI is InChI=1S/C19H24N8O2S.C18H22N6O.2C17H23N5O2.C16H20N4O/c1-26(16-14-3-5-20-15(14)21-10-22-16)13-7-11-4-6-27(9-12(11)8-13)19(28)24-18-23-17(29-2)25-30-18;1-23(18-15-3-6-20-17(15)21-11-22-18)14-8-12-4-7-24(10-13(12)9-14)16(25)2-5-19;1-21(16-14-3-5-18-15(14)19-10-20-16)13-7-11-4-6-22(17(23)24-2)9-12(11)8-13;1-21(17-14-2-4-18-16(14)19-10-20-17)13-6-11-3-5-22(15(24)9-23)8-12(11)7-13;1-20(16-14-4-5-17-15(14)18-9-19-16)12-6-10-2-3-13(21)8-11(10)7-12/h3,5,10-13H,4,6-9H2,1-2H3,(H,20,21,22)(H,23,24,25,28);3,6,11-14H,2,4,7-10H2,1H3,(H,20,21,22);3,5,10-13H,4,6-9H2,1-2H3,(H,18,19,20);2,4,10-13,23H,3,5-9H2,1H3,(H,18,19,20);4-5,9-12H,2-3,6-8H2,1H3,(H,17,18,19)/t11-,12-,13?;12-,13-,14?;2*11-,12-,13?;10-,11-,12+/m00001/s1. The topological polar surface area (TPSA) is 423 Å². The maximum atomic E-state index is 12.7. The Morgan fingerprint density at radius 3 is 1.13 bits per heavy atom. The van der Waals surface area contributed by atoms with Gasteiger partial charge in [0.1, 0.15) is 108 Å². The SMILES string of the molecule is CN(c1ncnc2[nH]ccc12)C1C[C@@H]2CCN(C(=O)CC#N)C[C@@H]2C1.CN(c1ncnc2[nH]ccc12)C1C[C@@H]2CCN(C(=O)CO)C[C@@H]2C1.CN(c1ncnc2[nH]ccc12)[C@H]1C[C@H]2CCC(=O)C[C@H]2C1.COC(=O)N1CC[C@H]2CC(N(C)c3ncnc4[nH]ccc34)C[C@H]2C1.COc1nsc(NC(=O)N2CC[C@H]3CC(N(C)c4ncnc5[nH]ccc45)C[C@H]3C2)n1. The number of aliphatic hydroxyl groups is 1. The van der Waals surface area contributed by atoms with E-state index in [9.17, 15) is 24.0 Å². The predicted molar refractivity (Wildman–Crippen MR) is 470 cm³/mol. The molecule has 7 N–H and O–H groups in total. The number of ketones is 1. The highest BCUT2D eigenvalue weighted by Gasteiger charge is 2.47. The number of hydrogen-bond acceptors (Lipinski definition) is 27. The van der Waals surface area contributed by atoms with Crippen molar-refractivity contribution >= 4 is 131 Å². The number of H-pyrrole nitrogens is 5. The Bertz CT molecular complexity index is 5480. The number of piperidine rings is 4. The van der Waals surface area contributed by atoms with Crippen LogP contribution in [-0.4, -0.2) is 277 Å². The molecule has 654 valence electrons. The number of aromatic nitrogens is 17. The Morgan fingerprint density at radius 2 is 0.782 bits per heavy atom. The zero-order chi connectivity index (χ0) is 85.8. The molecule has 4 aliphatic heterocycles. The summed E-state index contributed by atoms with van der Waals surface area (Å²) in [6.07, 6.45) is 35.3. The van der Waals surface area contributed by atoms with Crippen molar-refractivity contribution in [3.8, 4) is 12.1 Å². The summed E-state index contributed by atoms with van der Waals surface area (Å²) in [5.74, 6) is 11.2. The number of urea groups is 1. The zero-order valence-corrected chi connectivity index (χ0v) is 72.3. The minimum Gasteiger partial charge on any atom is -0.466 e. The number of nitrogens with one attached hydrogen (secondary N) is 6. The van der Waals surface area contributed by atoms with Gasteiger partial charge in [0, 0.05) is 173 Å². The van der Waals surface area contributed by atoms with Gasteiger partial charge in [-0.15, -0.1) is 4.37 Å². The number of hydrogen-bond donors (Lipinski definition) is 7. The molecule has 124 heavy (non-hydrogen) atoms. The first kappa shape index (κ1) is 84.3. The van der Waals surface area contributed by atoms with Crippen LogP contribution in [0, 0.1) is 70.5 Å². The number of fused-ring (bicyclic) bond motifs is 10. The minimum absolute atomic E-state index is 0.00682. The van der Waals surface area contributed by atoms with Crippen molar-refractivity contribution in [2.75, 3.05) is 138 Å². The van der Waals surface area contributed by atoms with E-state index in [1.54, 1.807) is 31.6 Å². The van der Waals surface area contributed by atoms with Gasteiger partial charge in [-0.2, -0.15) is 10.2 Å². The van der Waals surface area contributed by atoms with Crippen molar-refractivity contribution < 1.29 is 38.6 Å². The van der Waals surface area contributed by atoms with E-state index in [2.05, 4.69) is 149 Å². The number of anilines is 6. The number of amides is 5. The lowest BCUT2D eigenvalue weighted by atomic mass is 9.81. The second-order valence-corrected chi connectivity index (χ2v) is 36.2. The van der Waals surface area contributed by atoms with Gasteiger partial charge < -0.3 is 83.6 Å². The van der Waals surface area contributed by atoms with Crippen molar-refractivity contribution in [3.05, 3.63) is 93.0 Å². The van der Waals surface area contributed by atoms with Gasteiger partial charge in [-0.1, -0.05) is 0 Å². The van der Waals surface area contributed by atoms with Crippen LogP contribution >= 0.6 is 11.5 Å². The lowest BCUT2D eigenvalue weighted by Gasteiger charge is -2.34. The number of rotatable bonds is 14. The van der Waals surface area contributed by atoms with Gasteiger partial charge in [0.15, 0.2) is 0 Å². The van der Waals surface area contributed by atoms with Gasteiger partial charge in [-0.25, -0.2) is 59.4 Å². The molecule has 37 heteroatoms. The molecule has 4 unspecified atom stereocenters. The molecule has 11 aromatic heterocycles. The number of nitrogens with zero attached hydrogens (tertiary/aromatic N) is 22. The first-order valence-electron chi connectivity index (χ1n) is 43.7. The van der Waals surface area contributed by atoms with Crippen LogP contribution in [0.1, 0.15) is 116 Å². The Balaban J connectivity index is 0.000000110. The third kappa shape index (κ3) is 17.8. The summed E-state index contributed by atoms with van der Waals surface area (Å²) < 4.78 is 13.9. The summed E-state index contributed by atoms with van der Waals surface area (Å²) in [6, 6.07) is 14.5. The van der Waals surface area contributed by atoms with Crippen molar-refractivity contribution in [2.24, 2.45) is 59.2 Å². The van der Waals surface area contributed by atoms with Crippen LogP contribution in [0.4, 0.5) is 43.8 Å². The summed E-state index contributed by atoms with van der Waals surface area (Å²) in [6.45, 7) is 5.88. The van der Waals surface area contributed by atoms with E-state index < -0.39 is 0 Å². The molecule has 6 saturated carbocycles. The predicted octanol–water partition coefficient (Wildman–Crippen LogP) is 10.3. The first-order chi connectivity index (χ1) is 60.3.